The average molecular weight is 350 g/mol. The van der Waals surface area contributed by atoms with Crippen molar-refractivity contribution >= 4 is 11.8 Å². The molecule has 0 aliphatic rings. The number of nitrogens with one attached hydrogen (secondary N) is 2. The second-order valence-electron chi connectivity index (χ2n) is 5.71. The van der Waals surface area contributed by atoms with Gasteiger partial charge in [-0.25, -0.2) is 4.98 Å². The summed E-state index contributed by atoms with van der Waals surface area (Å²) in [7, 11) is 0. The molecule has 0 aliphatic heterocycles. The van der Waals surface area contributed by atoms with Crippen LogP contribution in [0.15, 0.2) is 55.0 Å². The molecule has 3 aromatic heterocycles. The van der Waals surface area contributed by atoms with Crippen molar-refractivity contribution < 1.29 is 5.11 Å². The monoisotopic (exact) mass is 350 g/mol. The van der Waals surface area contributed by atoms with E-state index in [-0.39, 0.29) is 6.61 Å². The van der Waals surface area contributed by atoms with Gasteiger partial charge in [0.25, 0.3) is 0 Å². The van der Waals surface area contributed by atoms with Crippen molar-refractivity contribution in [2.45, 2.75) is 12.8 Å². The SMILES string of the molecule is OCCCNc1nc(NCCc2ccccn2)cc(-c2cccnc2)n1. The van der Waals surface area contributed by atoms with Crippen LogP contribution in [0.2, 0.25) is 0 Å². The zero-order valence-corrected chi connectivity index (χ0v) is 14.5. The topological polar surface area (TPSA) is 95.8 Å². The smallest absolute Gasteiger partial charge is 0.225 e. The molecule has 0 atom stereocenters. The molecule has 3 heterocycles. The molecule has 3 aromatic rings. The van der Waals surface area contributed by atoms with Crippen molar-refractivity contribution in [3.8, 4) is 11.3 Å². The summed E-state index contributed by atoms with van der Waals surface area (Å²) in [6.07, 6.45) is 6.75. The van der Waals surface area contributed by atoms with Crippen LogP contribution in [0.3, 0.4) is 0 Å². The van der Waals surface area contributed by atoms with E-state index < -0.39 is 0 Å². The fourth-order valence-corrected chi connectivity index (χ4v) is 2.42. The summed E-state index contributed by atoms with van der Waals surface area (Å²) in [6.45, 7) is 1.46. The van der Waals surface area contributed by atoms with Gasteiger partial charge in [0.2, 0.25) is 5.95 Å². The Morgan fingerprint density at radius 3 is 2.69 bits per heavy atom. The van der Waals surface area contributed by atoms with Gasteiger partial charge in [0.15, 0.2) is 0 Å². The molecule has 7 heteroatoms. The van der Waals surface area contributed by atoms with Crippen LogP contribution in [0.5, 0.6) is 0 Å². The number of hydrogen-bond acceptors (Lipinski definition) is 7. The van der Waals surface area contributed by atoms with Gasteiger partial charge in [-0.1, -0.05) is 6.07 Å². The van der Waals surface area contributed by atoms with Gasteiger partial charge in [0.1, 0.15) is 5.82 Å². The number of aliphatic hydroxyl groups is 1. The van der Waals surface area contributed by atoms with Crippen LogP contribution in [-0.2, 0) is 6.42 Å². The van der Waals surface area contributed by atoms with Crippen LogP contribution < -0.4 is 10.6 Å². The second kappa shape index (κ2) is 9.43. The lowest BCUT2D eigenvalue weighted by Gasteiger charge is -2.11. The maximum absolute atomic E-state index is 8.95. The molecule has 0 spiro atoms. The Morgan fingerprint density at radius 1 is 0.962 bits per heavy atom. The first-order valence-corrected chi connectivity index (χ1v) is 8.63. The minimum Gasteiger partial charge on any atom is -0.396 e. The lowest BCUT2D eigenvalue weighted by Crippen LogP contribution is -2.11. The molecule has 134 valence electrons. The Labute approximate surface area is 152 Å². The number of nitrogens with zero attached hydrogens (tertiary/aromatic N) is 4. The van der Waals surface area contributed by atoms with E-state index in [1.165, 1.54) is 0 Å². The Hall–Kier alpha value is -3.06. The summed E-state index contributed by atoms with van der Waals surface area (Å²) in [5.41, 5.74) is 2.75. The maximum atomic E-state index is 8.95. The van der Waals surface area contributed by atoms with Crippen molar-refractivity contribution in [3.63, 3.8) is 0 Å². The third-order valence-electron chi connectivity index (χ3n) is 3.71. The van der Waals surface area contributed by atoms with Gasteiger partial charge in [0.05, 0.1) is 5.69 Å². The minimum absolute atomic E-state index is 0.129. The van der Waals surface area contributed by atoms with Gasteiger partial charge in [-0.2, -0.15) is 4.98 Å². The first kappa shape index (κ1) is 17.8. The lowest BCUT2D eigenvalue weighted by atomic mass is 10.2. The molecule has 0 saturated heterocycles. The fraction of sp³-hybridized carbons (Fsp3) is 0.263. The van der Waals surface area contributed by atoms with E-state index in [9.17, 15) is 0 Å². The van der Waals surface area contributed by atoms with Gasteiger partial charge in [0, 0.05) is 62.0 Å². The van der Waals surface area contributed by atoms with E-state index in [2.05, 4.69) is 30.6 Å². The van der Waals surface area contributed by atoms with E-state index >= 15 is 0 Å². The largest absolute Gasteiger partial charge is 0.396 e. The van der Waals surface area contributed by atoms with Gasteiger partial charge >= 0.3 is 0 Å². The summed E-state index contributed by atoms with van der Waals surface area (Å²) in [6, 6.07) is 11.6. The van der Waals surface area contributed by atoms with Crippen LogP contribution in [0.25, 0.3) is 11.3 Å². The highest BCUT2D eigenvalue weighted by molar-refractivity contribution is 5.63. The Kier molecular flexibility index (Phi) is 6.44. The van der Waals surface area contributed by atoms with Crippen molar-refractivity contribution in [1.29, 1.82) is 0 Å². The molecule has 3 N–H and O–H groups in total. The molecule has 0 aliphatic carbocycles. The maximum Gasteiger partial charge on any atom is 0.225 e. The molecule has 3 rings (SSSR count). The van der Waals surface area contributed by atoms with Gasteiger partial charge in [-0.15, -0.1) is 0 Å². The molecule has 0 unspecified atom stereocenters. The van der Waals surface area contributed by atoms with E-state index in [1.54, 1.807) is 18.6 Å². The van der Waals surface area contributed by atoms with Crippen LogP contribution in [0.4, 0.5) is 11.8 Å². The molecular formula is C19H22N6O. The highest BCUT2D eigenvalue weighted by Gasteiger charge is 2.07. The first-order chi connectivity index (χ1) is 12.8. The average Bonchev–Trinajstić information content (AvgIpc) is 2.70. The minimum atomic E-state index is 0.129. The summed E-state index contributed by atoms with van der Waals surface area (Å²) in [5, 5.41) is 15.4. The number of aliphatic hydroxyl groups excluding tert-OH is 1. The number of aromatic nitrogens is 4. The van der Waals surface area contributed by atoms with Crippen molar-refractivity contribution in [1.82, 2.24) is 19.9 Å². The zero-order chi connectivity index (χ0) is 18.0. The third kappa shape index (κ3) is 5.22. The molecule has 0 bridgehead atoms. The number of pyridine rings is 2. The molecule has 0 saturated carbocycles. The molecule has 0 fully saturated rings. The summed E-state index contributed by atoms with van der Waals surface area (Å²) < 4.78 is 0. The Balaban J connectivity index is 1.73. The molecular weight excluding hydrogens is 328 g/mol. The second-order valence-corrected chi connectivity index (χ2v) is 5.71. The van der Waals surface area contributed by atoms with Crippen LogP contribution >= 0.6 is 0 Å². The van der Waals surface area contributed by atoms with Crippen molar-refractivity contribution in [3.05, 3.63) is 60.7 Å². The standard InChI is InChI=1S/C19H22N6O/c26-12-4-10-23-19-24-17(15-5-3-8-20-14-15)13-18(25-19)22-11-7-16-6-1-2-9-21-16/h1-3,5-6,8-9,13-14,26H,4,7,10-12H2,(H2,22,23,24,25). The van der Waals surface area contributed by atoms with Gasteiger partial charge in [-0.3, -0.25) is 9.97 Å². The quantitative estimate of drug-likeness (QED) is 0.510. The van der Waals surface area contributed by atoms with Gasteiger partial charge < -0.3 is 15.7 Å². The summed E-state index contributed by atoms with van der Waals surface area (Å²) in [5.74, 6) is 1.27. The van der Waals surface area contributed by atoms with Crippen LogP contribution in [0.1, 0.15) is 12.1 Å². The normalized spacial score (nSPS) is 10.5. The molecule has 0 amide bonds. The van der Waals surface area contributed by atoms with Crippen LogP contribution in [0, 0.1) is 0 Å². The summed E-state index contributed by atoms with van der Waals surface area (Å²) >= 11 is 0. The fourth-order valence-electron chi connectivity index (χ4n) is 2.42. The molecule has 26 heavy (non-hydrogen) atoms. The van der Waals surface area contributed by atoms with E-state index in [4.69, 9.17) is 5.11 Å². The predicted octanol–water partition coefficient (Wildman–Crippen LogP) is 2.38. The molecule has 0 aromatic carbocycles. The Bertz CT molecular complexity index is 798. The lowest BCUT2D eigenvalue weighted by molar-refractivity contribution is 0.292. The number of rotatable bonds is 9. The number of hydrogen-bond donors (Lipinski definition) is 3. The predicted molar refractivity (Wildman–Crippen MR) is 102 cm³/mol. The van der Waals surface area contributed by atoms with Crippen molar-refractivity contribution in [2.24, 2.45) is 0 Å². The van der Waals surface area contributed by atoms with Crippen molar-refractivity contribution in [2.75, 3.05) is 30.3 Å². The van der Waals surface area contributed by atoms with Gasteiger partial charge in [-0.05, 0) is 30.7 Å². The van der Waals surface area contributed by atoms with Crippen LogP contribution in [-0.4, -0.2) is 44.7 Å². The molecule has 0 radical (unpaired) electrons. The first-order valence-electron chi connectivity index (χ1n) is 8.63. The van der Waals surface area contributed by atoms with E-state index in [1.807, 2.05) is 36.4 Å². The van der Waals surface area contributed by atoms with E-state index in [0.717, 1.165) is 35.7 Å². The number of anilines is 2. The summed E-state index contributed by atoms with van der Waals surface area (Å²) in [4.78, 5) is 17.5. The highest BCUT2D eigenvalue weighted by atomic mass is 16.3. The third-order valence-corrected chi connectivity index (χ3v) is 3.71. The highest BCUT2D eigenvalue weighted by Crippen LogP contribution is 2.20. The van der Waals surface area contributed by atoms with E-state index in [0.29, 0.717) is 18.9 Å². The zero-order valence-electron chi connectivity index (χ0n) is 14.5. The Morgan fingerprint density at radius 2 is 1.92 bits per heavy atom. The molecule has 7 nitrogen and oxygen atoms in total.